The summed E-state index contributed by atoms with van der Waals surface area (Å²) in [5, 5.41) is 2.95. The number of carbonyl (C=O) groups is 2. The highest BCUT2D eigenvalue weighted by atomic mass is 16.2. The molecule has 0 bridgehead atoms. The molecular weight excluding hydrogens is 264 g/mol. The van der Waals surface area contributed by atoms with Crippen molar-refractivity contribution in [3.05, 3.63) is 0 Å². The molecule has 4 heteroatoms. The minimum atomic E-state index is -0.751. The van der Waals surface area contributed by atoms with Crippen molar-refractivity contribution in [2.75, 3.05) is 6.54 Å². The second-order valence-corrected chi connectivity index (χ2v) is 7.81. The second-order valence-electron chi connectivity index (χ2n) is 7.81. The Balaban J connectivity index is 3.06. The van der Waals surface area contributed by atoms with Crippen LogP contribution >= 0.6 is 0 Å². The molecule has 0 radical (unpaired) electrons. The lowest BCUT2D eigenvalue weighted by molar-refractivity contribution is -0.157. The Kier molecular flexibility index (Phi) is 5.46. The number of rotatable bonds is 5. The molecule has 1 rings (SSSR count). The zero-order chi connectivity index (χ0) is 16.4. The van der Waals surface area contributed by atoms with E-state index < -0.39 is 5.54 Å². The van der Waals surface area contributed by atoms with Crippen LogP contribution in [0.1, 0.15) is 67.7 Å². The van der Waals surface area contributed by atoms with Crippen molar-refractivity contribution >= 4 is 11.8 Å². The zero-order valence-corrected chi connectivity index (χ0v) is 14.7. The topological polar surface area (TPSA) is 49.4 Å². The molecule has 2 amide bonds. The first-order valence-electron chi connectivity index (χ1n) is 8.19. The smallest absolute Gasteiger partial charge is 0.248 e. The Morgan fingerprint density at radius 1 is 1.29 bits per heavy atom. The Morgan fingerprint density at radius 2 is 1.86 bits per heavy atom. The average Bonchev–Trinajstić information content (AvgIpc) is 2.39. The molecule has 1 aliphatic heterocycles. The van der Waals surface area contributed by atoms with Gasteiger partial charge in [-0.2, -0.15) is 0 Å². The highest BCUT2D eigenvalue weighted by molar-refractivity contribution is 5.99. The molecule has 1 heterocycles. The standard InChI is InChI=1S/C17H32N2O2/c1-8-12(3)13-14(20)18-17(7,9-2)15(21)19(13)11-10-16(4,5)6/h12-13H,8-11H2,1-7H3,(H,18,20). The van der Waals surface area contributed by atoms with Crippen LogP contribution in [-0.2, 0) is 9.59 Å². The zero-order valence-electron chi connectivity index (χ0n) is 14.7. The SMILES string of the molecule is CCC(C)C1C(=O)NC(C)(CC)C(=O)N1CCC(C)(C)C. The normalized spacial score (nSPS) is 28.5. The summed E-state index contributed by atoms with van der Waals surface area (Å²) >= 11 is 0. The van der Waals surface area contributed by atoms with E-state index in [-0.39, 0.29) is 29.2 Å². The van der Waals surface area contributed by atoms with Gasteiger partial charge in [-0.15, -0.1) is 0 Å². The molecule has 21 heavy (non-hydrogen) atoms. The quantitative estimate of drug-likeness (QED) is 0.848. The first-order chi connectivity index (χ1) is 9.55. The lowest BCUT2D eigenvalue weighted by Gasteiger charge is -2.46. The van der Waals surface area contributed by atoms with Gasteiger partial charge in [0.1, 0.15) is 11.6 Å². The maximum atomic E-state index is 12.9. The van der Waals surface area contributed by atoms with E-state index >= 15 is 0 Å². The highest BCUT2D eigenvalue weighted by Gasteiger charge is 2.48. The summed E-state index contributed by atoms with van der Waals surface area (Å²) in [5.41, 5.74) is -0.601. The fourth-order valence-electron chi connectivity index (χ4n) is 2.71. The van der Waals surface area contributed by atoms with Gasteiger partial charge in [-0.05, 0) is 31.1 Å². The summed E-state index contributed by atoms with van der Waals surface area (Å²) in [7, 11) is 0. The molecule has 0 saturated carbocycles. The molecule has 0 aromatic carbocycles. The van der Waals surface area contributed by atoms with Gasteiger partial charge in [0.05, 0.1) is 0 Å². The summed E-state index contributed by atoms with van der Waals surface area (Å²) in [4.78, 5) is 27.3. The Morgan fingerprint density at radius 3 is 2.29 bits per heavy atom. The monoisotopic (exact) mass is 296 g/mol. The maximum Gasteiger partial charge on any atom is 0.248 e. The van der Waals surface area contributed by atoms with Gasteiger partial charge in [0.2, 0.25) is 11.8 Å². The summed E-state index contributed by atoms with van der Waals surface area (Å²) < 4.78 is 0. The molecule has 122 valence electrons. The van der Waals surface area contributed by atoms with E-state index in [4.69, 9.17) is 0 Å². The minimum absolute atomic E-state index is 0.00205. The molecule has 0 spiro atoms. The van der Waals surface area contributed by atoms with Gasteiger partial charge in [0.15, 0.2) is 0 Å². The van der Waals surface area contributed by atoms with Crippen LogP contribution in [0.15, 0.2) is 0 Å². The van der Waals surface area contributed by atoms with Gasteiger partial charge in [-0.25, -0.2) is 0 Å². The summed E-state index contributed by atoms with van der Waals surface area (Å²) in [6.45, 7) is 15.1. The number of nitrogens with zero attached hydrogens (tertiary/aromatic N) is 1. The van der Waals surface area contributed by atoms with Crippen LogP contribution in [0.25, 0.3) is 0 Å². The molecule has 0 aromatic rings. The average molecular weight is 296 g/mol. The van der Waals surface area contributed by atoms with E-state index in [9.17, 15) is 9.59 Å². The molecule has 1 fully saturated rings. The number of hydrogen-bond donors (Lipinski definition) is 1. The molecule has 1 N–H and O–H groups in total. The third-order valence-corrected chi connectivity index (χ3v) is 4.73. The Bertz CT molecular complexity index is 400. The van der Waals surface area contributed by atoms with Crippen molar-refractivity contribution in [3.8, 4) is 0 Å². The summed E-state index contributed by atoms with van der Waals surface area (Å²) in [5.74, 6) is 0.247. The fourth-order valence-corrected chi connectivity index (χ4v) is 2.71. The molecule has 4 nitrogen and oxygen atoms in total. The molecule has 1 saturated heterocycles. The van der Waals surface area contributed by atoms with Crippen molar-refractivity contribution in [2.45, 2.75) is 79.3 Å². The fraction of sp³-hybridized carbons (Fsp3) is 0.882. The first kappa shape index (κ1) is 18.0. The molecule has 3 unspecified atom stereocenters. The van der Waals surface area contributed by atoms with E-state index in [1.807, 2.05) is 18.7 Å². The van der Waals surface area contributed by atoms with E-state index in [1.54, 1.807) is 0 Å². The molecular formula is C17H32N2O2. The molecule has 0 aromatic heterocycles. The molecule has 0 aliphatic carbocycles. The van der Waals surface area contributed by atoms with Crippen LogP contribution in [0.3, 0.4) is 0 Å². The summed E-state index contributed by atoms with van der Waals surface area (Å²) in [6, 6.07) is -0.329. The lowest BCUT2D eigenvalue weighted by atomic mass is 9.85. The summed E-state index contributed by atoms with van der Waals surface area (Å²) in [6.07, 6.45) is 2.41. The minimum Gasteiger partial charge on any atom is -0.340 e. The second kappa shape index (κ2) is 6.37. The Hall–Kier alpha value is -1.06. The number of carbonyl (C=O) groups excluding carboxylic acids is 2. The van der Waals surface area contributed by atoms with Crippen molar-refractivity contribution in [1.82, 2.24) is 10.2 Å². The van der Waals surface area contributed by atoms with Crippen molar-refractivity contribution in [2.24, 2.45) is 11.3 Å². The van der Waals surface area contributed by atoms with Crippen LogP contribution < -0.4 is 5.32 Å². The van der Waals surface area contributed by atoms with E-state index in [0.29, 0.717) is 13.0 Å². The predicted octanol–water partition coefficient (Wildman–Crippen LogP) is 2.96. The third-order valence-electron chi connectivity index (χ3n) is 4.73. The molecule has 3 atom stereocenters. The van der Waals surface area contributed by atoms with Crippen LogP contribution in [0.4, 0.5) is 0 Å². The van der Waals surface area contributed by atoms with Crippen molar-refractivity contribution in [3.63, 3.8) is 0 Å². The molecule has 1 aliphatic rings. The largest absolute Gasteiger partial charge is 0.340 e. The lowest BCUT2D eigenvalue weighted by Crippen LogP contribution is -2.70. The third kappa shape index (κ3) is 3.98. The van der Waals surface area contributed by atoms with E-state index in [0.717, 1.165) is 12.8 Å². The van der Waals surface area contributed by atoms with Crippen molar-refractivity contribution in [1.29, 1.82) is 0 Å². The van der Waals surface area contributed by atoms with Gasteiger partial charge in [0.25, 0.3) is 0 Å². The van der Waals surface area contributed by atoms with Crippen molar-refractivity contribution < 1.29 is 9.59 Å². The number of hydrogen-bond acceptors (Lipinski definition) is 2. The van der Waals surface area contributed by atoms with Gasteiger partial charge in [0, 0.05) is 6.54 Å². The van der Waals surface area contributed by atoms with Crippen LogP contribution in [0.5, 0.6) is 0 Å². The maximum absolute atomic E-state index is 12.9. The van der Waals surface area contributed by atoms with Gasteiger partial charge in [-0.1, -0.05) is 48.0 Å². The van der Waals surface area contributed by atoms with Crippen LogP contribution in [-0.4, -0.2) is 34.8 Å². The highest BCUT2D eigenvalue weighted by Crippen LogP contribution is 2.28. The van der Waals surface area contributed by atoms with E-state index in [1.165, 1.54) is 0 Å². The predicted molar refractivity (Wildman–Crippen MR) is 85.9 cm³/mol. The number of amides is 2. The number of nitrogens with one attached hydrogen (secondary N) is 1. The Labute approximate surface area is 129 Å². The van der Waals surface area contributed by atoms with Crippen LogP contribution in [0.2, 0.25) is 0 Å². The van der Waals surface area contributed by atoms with Gasteiger partial charge in [-0.3, -0.25) is 9.59 Å². The number of piperazine rings is 1. The van der Waals surface area contributed by atoms with Gasteiger partial charge >= 0.3 is 0 Å². The first-order valence-corrected chi connectivity index (χ1v) is 8.19. The van der Waals surface area contributed by atoms with Gasteiger partial charge < -0.3 is 10.2 Å². The van der Waals surface area contributed by atoms with E-state index in [2.05, 4.69) is 39.9 Å². The van der Waals surface area contributed by atoms with Crippen LogP contribution in [0, 0.1) is 11.3 Å².